The first-order valence-electron chi connectivity index (χ1n) is 9.69. The van der Waals surface area contributed by atoms with Gasteiger partial charge in [0.15, 0.2) is 0 Å². The Kier molecular flexibility index (Phi) is 6.61. The lowest BCUT2D eigenvalue weighted by Gasteiger charge is -2.19. The molecule has 1 aliphatic carbocycles. The number of nitrogens with zero attached hydrogens (tertiary/aromatic N) is 2. The highest BCUT2D eigenvalue weighted by Gasteiger charge is 2.18. The Morgan fingerprint density at radius 1 is 0.968 bits per heavy atom. The van der Waals surface area contributed by atoms with Gasteiger partial charge in [0, 0.05) is 16.8 Å². The van der Waals surface area contributed by atoms with E-state index in [9.17, 15) is 4.79 Å². The molecule has 9 N–H and O–H groups in total. The van der Waals surface area contributed by atoms with Crippen molar-refractivity contribution in [3.63, 3.8) is 0 Å². The molecule has 0 bridgehead atoms. The Hall–Kier alpha value is -4.21. The molecule has 0 spiro atoms. The van der Waals surface area contributed by atoms with Crippen molar-refractivity contribution in [3.05, 3.63) is 64.7 Å². The molecular weight excluding hydrogens is 394 g/mol. The van der Waals surface area contributed by atoms with Crippen molar-refractivity contribution in [2.75, 3.05) is 5.32 Å². The number of hydrogen-bond donors (Lipinski definition) is 7. The van der Waals surface area contributed by atoms with Crippen LogP contribution in [-0.2, 0) is 6.42 Å². The van der Waals surface area contributed by atoms with E-state index in [1.165, 1.54) is 0 Å². The van der Waals surface area contributed by atoms with Crippen LogP contribution in [0.2, 0.25) is 0 Å². The number of hydrogen-bond acceptors (Lipinski definition) is 5. The molecule has 0 aliphatic heterocycles. The van der Waals surface area contributed by atoms with Crippen molar-refractivity contribution in [1.29, 1.82) is 10.8 Å². The third kappa shape index (κ3) is 5.66. The lowest BCUT2D eigenvalue weighted by atomic mass is 9.88. The number of nitrogens with two attached hydrogens (primary N) is 2. The lowest BCUT2D eigenvalue weighted by molar-refractivity contribution is 0.102. The monoisotopic (exact) mass is 419 g/mol. The zero-order valence-corrected chi connectivity index (χ0v) is 17.1. The van der Waals surface area contributed by atoms with E-state index in [2.05, 4.69) is 26.4 Å². The van der Waals surface area contributed by atoms with E-state index in [1.54, 1.807) is 25.1 Å². The SMILES string of the molecule is C/C(=N\NC(=N)N)c1ccc(NC(=O)c2ccc3c(c2)CCC/C3=N\NC(=N)N)cc1. The van der Waals surface area contributed by atoms with E-state index < -0.39 is 0 Å². The van der Waals surface area contributed by atoms with Gasteiger partial charge in [0.05, 0.1) is 11.4 Å². The molecule has 10 nitrogen and oxygen atoms in total. The Bertz CT molecular complexity index is 1070. The number of fused-ring (bicyclic) bond motifs is 1. The van der Waals surface area contributed by atoms with Gasteiger partial charge in [-0.15, -0.1) is 0 Å². The highest BCUT2D eigenvalue weighted by Crippen LogP contribution is 2.23. The molecule has 0 aromatic heterocycles. The summed E-state index contributed by atoms with van der Waals surface area (Å²) in [4.78, 5) is 12.7. The van der Waals surface area contributed by atoms with Crippen LogP contribution in [0.4, 0.5) is 5.69 Å². The van der Waals surface area contributed by atoms with E-state index in [1.807, 2.05) is 24.3 Å². The highest BCUT2D eigenvalue weighted by atomic mass is 16.1. The average molecular weight is 419 g/mol. The quantitative estimate of drug-likeness (QED) is 0.221. The van der Waals surface area contributed by atoms with Gasteiger partial charge >= 0.3 is 0 Å². The zero-order chi connectivity index (χ0) is 22.4. The van der Waals surface area contributed by atoms with Gasteiger partial charge < -0.3 is 16.8 Å². The summed E-state index contributed by atoms with van der Waals surface area (Å²) >= 11 is 0. The van der Waals surface area contributed by atoms with Crippen molar-refractivity contribution in [2.24, 2.45) is 21.7 Å². The third-order valence-corrected chi connectivity index (χ3v) is 4.75. The number of guanidine groups is 2. The van der Waals surface area contributed by atoms with Gasteiger partial charge in [0.1, 0.15) is 0 Å². The summed E-state index contributed by atoms with van der Waals surface area (Å²) < 4.78 is 0. The van der Waals surface area contributed by atoms with E-state index in [0.29, 0.717) is 17.0 Å². The van der Waals surface area contributed by atoms with Crippen LogP contribution in [0.15, 0.2) is 52.7 Å². The first kappa shape index (κ1) is 21.5. The highest BCUT2D eigenvalue weighted by molar-refractivity contribution is 6.07. The van der Waals surface area contributed by atoms with Crippen LogP contribution in [-0.4, -0.2) is 29.2 Å². The van der Waals surface area contributed by atoms with Gasteiger partial charge in [-0.3, -0.25) is 15.6 Å². The standard InChI is InChI=1S/C21H25N9O/c1-12(27-29-20(22)23)13-5-8-16(9-6-13)26-19(31)15-7-10-17-14(11-15)3-2-4-18(17)28-30-21(24)25/h5-11H,2-4H2,1H3,(H,26,31)(H4,22,23,29)(H4,24,25,30)/b27-12+,28-18+. The number of anilines is 1. The summed E-state index contributed by atoms with van der Waals surface area (Å²) in [7, 11) is 0. The number of benzene rings is 2. The molecule has 1 aliphatic rings. The molecule has 0 atom stereocenters. The lowest BCUT2D eigenvalue weighted by Crippen LogP contribution is -2.28. The number of rotatable bonds is 5. The number of nitrogens with one attached hydrogen (secondary N) is 5. The number of carbonyl (C=O) groups is 1. The predicted molar refractivity (Wildman–Crippen MR) is 123 cm³/mol. The molecule has 160 valence electrons. The summed E-state index contributed by atoms with van der Waals surface area (Å²) in [5, 5.41) is 25.5. The van der Waals surface area contributed by atoms with Crippen LogP contribution in [0.25, 0.3) is 0 Å². The Morgan fingerprint density at radius 2 is 1.65 bits per heavy atom. The van der Waals surface area contributed by atoms with Gasteiger partial charge in [0.25, 0.3) is 5.91 Å². The van der Waals surface area contributed by atoms with E-state index in [-0.39, 0.29) is 17.8 Å². The third-order valence-electron chi connectivity index (χ3n) is 4.75. The van der Waals surface area contributed by atoms with Crippen LogP contribution in [0.5, 0.6) is 0 Å². The van der Waals surface area contributed by atoms with Crippen molar-refractivity contribution in [3.8, 4) is 0 Å². The number of hydrazone groups is 2. The summed E-state index contributed by atoms with van der Waals surface area (Å²) in [6, 6.07) is 12.8. The van der Waals surface area contributed by atoms with E-state index >= 15 is 0 Å². The van der Waals surface area contributed by atoms with Gasteiger partial charge in [-0.2, -0.15) is 10.2 Å². The second-order valence-corrected chi connectivity index (χ2v) is 7.06. The van der Waals surface area contributed by atoms with Crippen molar-refractivity contribution >= 4 is 34.9 Å². The minimum absolute atomic E-state index is 0.204. The van der Waals surface area contributed by atoms with Gasteiger partial charge in [-0.05, 0) is 61.6 Å². The maximum atomic E-state index is 12.7. The maximum absolute atomic E-state index is 12.7. The topological polar surface area (TPSA) is 178 Å². The Balaban J connectivity index is 1.71. The summed E-state index contributed by atoms with van der Waals surface area (Å²) in [5.74, 6) is -0.648. The molecule has 3 rings (SSSR count). The molecule has 10 heteroatoms. The molecule has 0 saturated heterocycles. The van der Waals surface area contributed by atoms with Crippen molar-refractivity contribution in [2.45, 2.75) is 26.2 Å². The van der Waals surface area contributed by atoms with Crippen LogP contribution >= 0.6 is 0 Å². The summed E-state index contributed by atoms with van der Waals surface area (Å²) in [6.07, 6.45) is 2.56. The largest absolute Gasteiger partial charge is 0.369 e. The van der Waals surface area contributed by atoms with E-state index in [4.69, 9.17) is 22.3 Å². The minimum Gasteiger partial charge on any atom is -0.369 e. The fourth-order valence-corrected chi connectivity index (χ4v) is 3.25. The second kappa shape index (κ2) is 9.53. The first-order chi connectivity index (χ1) is 14.8. The molecule has 31 heavy (non-hydrogen) atoms. The molecule has 1 amide bonds. The van der Waals surface area contributed by atoms with Crippen LogP contribution in [0.3, 0.4) is 0 Å². The molecule has 0 saturated carbocycles. The normalized spacial score (nSPS) is 14.5. The van der Waals surface area contributed by atoms with Crippen LogP contribution in [0.1, 0.15) is 46.8 Å². The van der Waals surface area contributed by atoms with Gasteiger partial charge in [-0.25, -0.2) is 10.9 Å². The number of amides is 1. The molecule has 0 fully saturated rings. The van der Waals surface area contributed by atoms with Crippen LogP contribution in [0, 0.1) is 10.8 Å². The molecule has 0 heterocycles. The molecular formula is C21H25N9O. The average Bonchev–Trinajstić information content (AvgIpc) is 2.76. The summed E-state index contributed by atoms with van der Waals surface area (Å²) in [6.45, 7) is 1.79. The fourth-order valence-electron chi connectivity index (χ4n) is 3.25. The van der Waals surface area contributed by atoms with E-state index in [0.717, 1.165) is 41.7 Å². The van der Waals surface area contributed by atoms with Gasteiger partial charge in [-0.1, -0.05) is 18.2 Å². The zero-order valence-electron chi connectivity index (χ0n) is 17.1. The summed E-state index contributed by atoms with van der Waals surface area (Å²) in [5.41, 5.74) is 21.0. The van der Waals surface area contributed by atoms with Crippen LogP contribution < -0.4 is 27.6 Å². The molecule has 2 aromatic carbocycles. The molecule has 2 aromatic rings. The number of aryl methyl sites for hydroxylation is 1. The maximum Gasteiger partial charge on any atom is 0.255 e. The number of carbonyl (C=O) groups excluding carboxylic acids is 1. The van der Waals surface area contributed by atoms with Crippen molar-refractivity contribution < 1.29 is 4.79 Å². The minimum atomic E-state index is -0.234. The smallest absolute Gasteiger partial charge is 0.255 e. The Labute approximate surface area is 179 Å². The molecule has 0 unspecified atom stereocenters. The first-order valence-corrected chi connectivity index (χ1v) is 9.69. The molecule has 0 radical (unpaired) electrons. The van der Waals surface area contributed by atoms with Gasteiger partial charge in [0.2, 0.25) is 11.9 Å². The predicted octanol–water partition coefficient (Wildman–Crippen LogP) is 1.67. The second-order valence-electron chi connectivity index (χ2n) is 7.06. The van der Waals surface area contributed by atoms with Crippen molar-refractivity contribution in [1.82, 2.24) is 10.9 Å². The fraction of sp³-hybridized carbons (Fsp3) is 0.190. The Morgan fingerprint density at radius 3 is 2.32 bits per heavy atom.